The Balaban J connectivity index is 2.12. The molecule has 5 heteroatoms. The number of hydrogen-bond acceptors (Lipinski definition) is 5. The van der Waals surface area contributed by atoms with E-state index in [2.05, 4.69) is 28.9 Å². The van der Waals surface area contributed by atoms with Gasteiger partial charge in [0.25, 0.3) is 0 Å². The van der Waals surface area contributed by atoms with Gasteiger partial charge >= 0.3 is 0 Å². The van der Waals surface area contributed by atoms with Crippen molar-refractivity contribution < 1.29 is 9.52 Å². The first-order valence-electron chi connectivity index (χ1n) is 6.84. The van der Waals surface area contributed by atoms with E-state index in [9.17, 15) is 0 Å². The van der Waals surface area contributed by atoms with Crippen LogP contribution >= 0.6 is 0 Å². The van der Waals surface area contributed by atoms with Gasteiger partial charge in [0.05, 0.1) is 13.2 Å². The molecule has 0 spiro atoms. The van der Waals surface area contributed by atoms with Gasteiger partial charge in [0.2, 0.25) is 11.8 Å². The maximum absolute atomic E-state index is 9.07. The van der Waals surface area contributed by atoms with Crippen molar-refractivity contribution in [2.75, 3.05) is 13.2 Å². The number of aliphatic hydroxyl groups is 1. The minimum Gasteiger partial charge on any atom is -0.419 e. The molecule has 0 aliphatic carbocycles. The van der Waals surface area contributed by atoms with Gasteiger partial charge in [-0.15, -0.1) is 10.2 Å². The van der Waals surface area contributed by atoms with Crippen LogP contribution in [0.1, 0.15) is 25.3 Å². The first-order chi connectivity index (χ1) is 9.60. The van der Waals surface area contributed by atoms with E-state index in [4.69, 9.17) is 9.52 Å². The van der Waals surface area contributed by atoms with Gasteiger partial charge < -0.3 is 9.52 Å². The largest absolute Gasteiger partial charge is 0.419 e. The standard InChI is InChI=1S/C15H21N3O2/c1-11(2)18(7-8-19)10-14-16-17-15(20-14)13-6-4-5-12(3)9-13/h4-6,9,11,19H,7-8,10H2,1-3H3. The molecule has 0 atom stereocenters. The predicted molar refractivity (Wildman–Crippen MR) is 77.1 cm³/mol. The van der Waals surface area contributed by atoms with Gasteiger partial charge in [-0.1, -0.05) is 17.7 Å². The van der Waals surface area contributed by atoms with Crippen LogP contribution in [0.4, 0.5) is 0 Å². The zero-order chi connectivity index (χ0) is 14.5. The van der Waals surface area contributed by atoms with Crippen molar-refractivity contribution in [2.24, 2.45) is 0 Å². The summed E-state index contributed by atoms with van der Waals surface area (Å²) in [6.07, 6.45) is 0. The van der Waals surface area contributed by atoms with E-state index in [1.807, 2.05) is 31.2 Å². The van der Waals surface area contributed by atoms with Gasteiger partial charge in [-0.3, -0.25) is 4.90 Å². The molecule has 1 aromatic carbocycles. The summed E-state index contributed by atoms with van der Waals surface area (Å²) in [6, 6.07) is 8.30. The molecule has 0 saturated heterocycles. The molecule has 1 N–H and O–H groups in total. The van der Waals surface area contributed by atoms with Crippen LogP contribution in [-0.2, 0) is 6.54 Å². The third kappa shape index (κ3) is 3.65. The molecular weight excluding hydrogens is 254 g/mol. The molecule has 0 unspecified atom stereocenters. The first kappa shape index (κ1) is 14.7. The summed E-state index contributed by atoms with van der Waals surface area (Å²) < 4.78 is 5.71. The van der Waals surface area contributed by atoms with Gasteiger partial charge in [-0.25, -0.2) is 0 Å². The Bertz CT molecular complexity index is 552. The normalized spacial score (nSPS) is 11.5. The average molecular weight is 275 g/mol. The monoisotopic (exact) mass is 275 g/mol. The molecule has 0 radical (unpaired) electrons. The van der Waals surface area contributed by atoms with E-state index in [0.29, 0.717) is 30.9 Å². The smallest absolute Gasteiger partial charge is 0.247 e. The van der Waals surface area contributed by atoms with E-state index < -0.39 is 0 Å². The maximum Gasteiger partial charge on any atom is 0.247 e. The van der Waals surface area contributed by atoms with Crippen molar-refractivity contribution in [2.45, 2.75) is 33.4 Å². The first-order valence-corrected chi connectivity index (χ1v) is 6.84. The molecule has 0 bridgehead atoms. The summed E-state index contributed by atoms with van der Waals surface area (Å²) in [5.74, 6) is 1.11. The zero-order valence-electron chi connectivity index (χ0n) is 12.2. The van der Waals surface area contributed by atoms with Crippen molar-refractivity contribution in [3.05, 3.63) is 35.7 Å². The Hall–Kier alpha value is -1.72. The van der Waals surface area contributed by atoms with Crippen molar-refractivity contribution in [3.63, 3.8) is 0 Å². The molecule has 1 aromatic heterocycles. The second-order valence-corrected chi connectivity index (χ2v) is 5.16. The van der Waals surface area contributed by atoms with Crippen LogP contribution in [0.15, 0.2) is 28.7 Å². The number of aliphatic hydroxyl groups excluding tert-OH is 1. The van der Waals surface area contributed by atoms with Crippen molar-refractivity contribution in [1.29, 1.82) is 0 Å². The van der Waals surface area contributed by atoms with Crippen LogP contribution in [-0.4, -0.2) is 39.4 Å². The Morgan fingerprint density at radius 3 is 2.75 bits per heavy atom. The Morgan fingerprint density at radius 2 is 2.10 bits per heavy atom. The topological polar surface area (TPSA) is 62.4 Å². The Morgan fingerprint density at radius 1 is 1.30 bits per heavy atom. The Kier molecular flexibility index (Phi) is 4.87. The number of hydrogen-bond donors (Lipinski definition) is 1. The summed E-state index contributed by atoms with van der Waals surface area (Å²) in [4.78, 5) is 2.09. The molecule has 0 aliphatic rings. The fourth-order valence-electron chi connectivity index (χ4n) is 2.03. The van der Waals surface area contributed by atoms with E-state index in [1.54, 1.807) is 0 Å². The minimum atomic E-state index is 0.122. The van der Waals surface area contributed by atoms with E-state index in [-0.39, 0.29) is 6.61 Å². The highest BCUT2D eigenvalue weighted by Gasteiger charge is 2.15. The minimum absolute atomic E-state index is 0.122. The van der Waals surface area contributed by atoms with Crippen LogP contribution in [0, 0.1) is 6.92 Å². The highest BCUT2D eigenvalue weighted by atomic mass is 16.4. The van der Waals surface area contributed by atoms with Crippen LogP contribution in [0.25, 0.3) is 11.5 Å². The van der Waals surface area contributed by atoms with Gasteiger partial charge in [0, 0.05) is 18.2 Å². The van der Waals surface area contributed by atoms with Gasteiger partial charge in [-0.2, -0.15) is 0 Å². The Labute approximate surface area is 119 Å². The molecule has 0 amide bonds. The van der Waals surface area contributed by atoms with Gasteiger partial charge in [0.15, 0.2) is 0 Å². The number of aromatic nitrogens is 2. The number of nitrogens with zero attached hydrogens (tertiary/aromatic N) is 3. The molecule has 108 valence electrons. The number of rotatable bonds is 6. The highest BCUT2D eigenvalue weighted by molar-refractivity contribution is 5.53. The summed E-state index contributed by atoms with van der Waals surface area (Å²) in [7, 11) is 0. The van der Waals surface area contributed by atoms with Crippen molar-refractivity contribution >= 4 is 0 Å². The fraction of sp³-hybridized carbons (Fsp3) is 0.467. The number of benzene rings is 1. The lowest BCUT2D eigenvalue weighted by molar-refractivity contribution is 0.148. The average Bonchev–Trinajstić information content (AvgIpc) is 2.87. The van der Waals surface area contributed by atoms with Crippen molar-refractivity contribution in [1.82, 2.24) is 15.1 Å². The number of aryl methyl sites for hydroxylation is 1. The lowest BCUT2D eigenvalue weighted by Gasteiger charge is -2.23. The van der Waals surface area contributed by atoms with Crippen molar-refractivity contribution in [3.8, 4) is 11.5 Å². The summed E-state index contributed by atoms with van der Waals surface area (Å²) >= 11 is 0. The van der Waals surface area contributed by atoms with E-state index in [0.717, 1.165) is 11.1 Å². The second-order valence-electron chi connectivity index (χ2n) is 5.16. The summed E-state index contributed by atoms with van der Waals surface area (Å²) in [5.41, 5.74) is 2.09. The third-order valence-electron chi connectivity index (χ3n) is 3.19. The summed E-state index contributed by atoms with van der Waals surface area (Å²) in [5, 5.41) is 17.2. The van der Waals surface area contributed by atoms with Gasteiger partial charge in [0.1, 0.15) is 0 Å². The van der Waals surface area contributed by atoms with Crippen LogP contribution < -0.4 is 0 Å². The SMILES string of the molecule is Cc1cccc(-c2nnc(CN(CCO)C(C)C)o2)c1. The van der Waals surface area contributed by atoms with E-state index >= 15 is 0 Å². The predicted octanol–water partition coefficient (Wildman–Crippen LogP) is 2.25. The van der Waals surface area contributed by atoms with E-state index in [1.165, 1.54) is 0 Å². The maximum atomic E-state index is 9.07. The molecule has 5 nitrogen and oxygen atoms in total. The molecular formula is C15H21N3O2. The summed E-state index contributed by atoms with van der Waals surface area (Å²) in [6.45, 7) is 7.46. The molecule has 2 rings (SSSR count). The molecule has 2 aromatic rings. The lowest BCUT2D eigenvalue weighted by Crippen LogP contribution is -2.33. The van der Waals surface area contributed by atoms with Crippen LogP contribution in [0.2, 0.25) is 0 Å². The van der Waals surface area contributed by atoms with Crippen LogP contribution in [0.5, 0.6) is 0 Å². The molecule has 20 heavy (non-hydrogen) atoms. The lowest BCUT2D eigenvalue weighted by atomic mass is 10.1. The molecule has 0 saturated carbocycles. The molecule has 0 aliphatic heterocycles. The fourth-order valence-corrected chi connectivity index (χ4v) is 2.03. The highest BCUT2D eigenvalue weighted by Crippen LogP contribution is 2.19. The second kappa shape index (κ2) is 6.63. The third-order valence-corrected chi connectivity index (χ3v) is 3.19. The molecule has 1 heterocycles. The van der Waals surface area contributed by atoms with Crippen LogP contribution in [0.3, 0.4) is 0 Å². The van der Waals surface area contributed by atoms with Gasteiger partial charge in [-0.05, 0) is 32.9 Å². The molecule has 0 fully saturated rings. The zero-order valence-corrected chi connectivity index (χ0v) is 12.2. The quantitative estimate of drug-likeness (QED) is 0.876.